The summed E-state index contributed by atoms with van der Waals surface area (Å²) in [6, 6.07) is 29.7. The number of rotatable bonds is 13. The first-order valence-electron chi connectivity index (χ1n) is 12.2. The van der Waals surface area contributed by atoms with Crippen molar-refractivity contribution in [2.24, 2.45) is 0 Å². The third kappa shape index (κ3) is 7.62. The van der Waals surface area contributed by atoms with Gasteiger partial charge in [0.2, 0.25) is 0 Å². The maximum absolute atomic E-state index is 13.4. The number of hydrogen-bond acceptors (Lipinski definition) is 6. The van der Waals surface area contributed by atoms with Crippen LogP contribution in [-0.2, 0) is 43.5 Å². The Morgan fingerprint density at radius 3 is 1.53 bits per heavy atom. The summed E-state index contributed by atoms with van der Waals surface area (Å²) < 4.78 is 44.3. The van der Waals surface area contributed by atoms with Crippen molar-refractivity contribution in [1.82, 2.24) is 0 Å². The molecule has 0 aliphatic carbocycles. The smallest absolute Gasteiger partial charge is 0.191 e. The lowest BCUT2D eigenvalue weighted by Crippen LogP contribution is -2.60. The highest BCUT2D eigenvalue weighted by molar-refractivity contribution is 7.99. The van der Waals surface area contributed by atoms with Gasteiger partial charge in [-0.2, -0.15) is 0 Å². The maximum Gasteiger partial charge on any atom is 0.191 e. The average molecular weight is 513 g/mol. The molecule has 4 rings (SSSR count). The summed E-state index contributed by atoms with van der Waals surface area (Å²) in [6.45, 7) is 2.11. The summed E-state index contributed by atoms with van der Waals surface area (Å²) in [5.41, 5.74) is 2.65. The zero-order valence-electron chi connectivity index (χ0n) is 20.4. The lowest BCUT2D eigenvalue weighted by atomic mass is 10.0. The Kier molecular flexibility index (Phi) is 10.8. The van der Waals surface area contributed by atoms with E-state index >= 15 is 0 Å². The SMILES string of the molecule is CCSC1OC(OCF)C(OCc2ccccc2)C(OCc2ccccc2)C1OCc1ccccc1. The van der Waals surface area contributed by atoms with Crippen molar-refractivity contribution >= 4 is 11.8 Å². The van der Waals surface area contributed by atoms with Crippen LogP contribution in [0.15, 0.2) is 91.0 Å². The maximum atomic E-state index is 13.4. The Morgan fingerprint density at radius 2 is 1.08 bits per heavy atom. The quantitative estimate of drug-likeness (QED) is 0.275. The van der Waals surface area contributed by atoms with Crippen molar-refractivity contribution < 1.29 is 28.1 Å². The molecule has 1 aliphatic rings. The van der Waals surface area contributed by atoms with E-state index in [9.17, 15) is 4.39 Å². The van der Waals surface area contributed by atoms with Gasteiger partial charge in [0, 0.05) is 0 Å². The van der Waals surface area contributed by atoms with Gasteiger partial charge in [-0.1, -0.05) is 97.9 Å². The second-order valence-corrected chi connectivity index (χ2v) is 9.76. The molecule has 0 N–H and O–H groups in total. The third-order valence-electron chi connectivity index (χ3n) is 5.87. The van der Waals surface area contributed by atoms with Crippen molar-refractivity contribution in [2.75, 3.05) is 12.6 Å². The van der Waals surface area contributed by atoms with Crippen LogP contribution in [-0.4, -0.2) is 42.7 Å². The van der Waals surface area contributed by atoms with Crippen molar-refractivity contribution in [1.29, 1.82) is 0 Å². The minimum absolute atomic E-state index is 0.309. The lowest BCUT2D eigenvalue weighted by molar-refractivity contribution is -0.313. The van der Waals surface area contributed by atoms with Crippen LogP contribution in [0.5, 0.6) is 0 Å². The average Bonchev–Trinajstić information content (AvgIpc) is 2.93. The van der Waals surface area contributed by atoms with Crippen LogP contribution in [0, 0.1) is 0 Å². The normalized spacial score (nSPS) is 24.0. The second kappa shape index (κ2) is 14.5. The van der Waals surface area contributed by atoms with E-state index in [1.165, 1.54) is 0 Å². The molecular weight excluding hydrogens is 479 g/mol. The van der Waals surface area contributed by atoms with Gasteiger partial charge in [0.15, 0.2) is 13.2 Å². The molecule has 0 spiro atoms. The van der Waals surface area contributed by atoms with Crippen LogP contribution in [0.2, 0.25) is 0 Å². The first-order chi connectivity index (χ1) is 17.8. The molecule has 1 aliphatic heterocycles. The fourth-order valence-electron chi connectivity index (χ4n) is 4.11. The summed E-state index contributed by atoms with van der Waals surface area (Å²) in [5.74, 6) is 0.791. The summed E-state index contributed by atoms with van der Waals surface area (Å²) in [5, 5.41) is 0. The molecule has 0 radical (unpaired) electrons. The fourth-order valence-corrected chi connectivity index (χ4v) is 5.05. The summed E-state index contributed by atoms with van der Waals surface area (Å²) in [4.78, 5) is 0. The molecule has 36 heavy (non-hydrogen) atoms. The van der Waals surface area contributed by atoms with Crippen LogP contribution in [0.25, 0.3) is 0 Å². The minimum atomic E-state index is -0.986. The lowest BCUT2D eigenvalue weighted by Gasteiger charge is -2.45. The van der Waals surface area contributed by atoms with E-state index in [1.54, 1.807) is 11.8 Å². The van der Waals surface area contributed by atoms with E-state index in [1.807, 2.05) is 97.9 Å². The Balaban J connectivity index is 1.59. The molecule has 3 aromatic carbocycles. The number of alkyl halides is 1. The molecule has 7 heteroatoms. The molecule has 0 saturated carbocycles. The molecule has 3 aromatic rings. The fraction of sp³-hybridized carbons (Fsp3) is 0.379. The van der Waals surface area contributed by atoms with Crippen molar-refractivity contribution in [3.63, 3.8) is 0 Å². The van der Waals surface area contributed by atoms with E-state index < -0.39 is 36.9 Å². The topological polar surface area (TPSA) is 46.2 Å². The standard InChI is InChI=1S/C29H33FO5S/c1-2-36-29-27(33-20-24-16-10-5-11-17-24)25(31-18-22-12-6-3-7-13-22)26(28(35-29)34-21-30)32-19-23-14-8-4-9-15-23/h3-17,25-29H,2,18-21H2,1H3. The molecule has 1 heterocycles. The summed E-state index contributed by atoms with van der Waals surface area (Å²) in [6.07, 6.45) is -2.63. The number of benzene rings is 3. The highest BCUT2D eigenvalue weighted by Crippen LogP contribution is 2.35. The summed E-state index contributed by atoms with van der Waals surface area (Å²) >= 11 is 1.58. The van der Waals surface area contributed by atoms with Crippen molar-refractivity contribution in [3.8, 4) is 0 Å². The monoisotopic (exact) mass is 512 g/mol. The van der Waals surface area contributed by atoms with E-state index in [-0.39, 0.29) is 0 Å². The van der Waals surface area contributed by atoms with Crippen LogP contribution >= 0.6 is 11.8 Å². The number of thioether (sulfide) groups is 1. The van der Waals surface area contributed by atoms with Crippen LogP contribution in [0.1, 0.15) is 23.6 Å². The molecule has 1 saturated heterocycles. The van der Waals surface area contributed by atoms with Crippen LogP contribution in [0.4, 0.5) is 4.39 Å². The largest absolute Gasteiger partial charge is 0.368 e. The third-order valence-corrected chi connectivity index (χ3v) is 6.91. The van der Waals surface area contributed by atoms with E-state index in [0.717, 1.165) is 22.4 Å². The molecule has 1 fully saturated rings. The summed E-state index contributed by atoms with van der Waals surface area (Å²) in [7, 11) is 0. The number of ether oxygens (including phenoxy) is 5. The van der Waals surface area contributed by atoms with Gasteiger partial charge in [-0.25, -0.2) is 4.39 Å². The molecule has 0 bridgehead atoms. The molecular formula is C29H33FO5S. The highest BCUT2D eigenvalue weighted by atomic mass is 32.2. The molecule has 5 atom stereocenters. The van der Waals surface area contributed by atoms with Gasteiger partial charge in [-0.05, 0) is 22.4 Å². The van der Waals surface area contributed by atoms with Crippen LogP contribution < -0.4 is 0 Å². The van der Waals surface area contributed by atoms with Gasteiger partial charge in [-0.3, -0.25) is 0 Å². The molecule has 192 valence electrons. The minimum Gasteiger partial charge on any atom is -0.368 e. The Labute approximate surface area is 216 Å². The van der Waals surface area contributed by atoms with Gasteiger partial charge in [0.25, 0.3) is 0 Å². The zero-order chi connectivity index (χ0) is 25.0. The van der Waals surface area contributed by atoms with Crippen molar-refractivity contribution in [3.05, 3.63) is 108 Å². The van der Waals surface area contributed by atoms with Crippen LogP contribution in [0.3, 0.4) is 0 Å². The number of halogens is 1. The number of hydrogen-bond donors (Lipinski definition) is 0. The predicted octanol–water partition coefficient (Wildman–Crippen LogP) is 6.12. The Morgan fingerprint density at radius 1 is 0.639 bits per heavy atom. The molecule has 5 unspecified atom stereocenters. The van der Waals surface area contributed by atoms with Gasteiger partial charge in [0.05, 0.1) is 19.8 Å². The van der Waals surface area contributed by atoms with Crippen molar-refractivity contribution in [2.45, 2.75) is 56.8 Å². The van der Waals surface area contributed by atoms with Gasteiger partial charge < -0.3 is 23.7 Å². The second-order valence-electron chi connectivity index (χ2n) is 8.39. The predicted molar refractivity (Wildman–Crippen MR) is 139 cm³/mol. The van der Waals surface area contributed by atoms with Gasteiger partial charge in [-0.15, -0.1) is 11.8 Å². The van der Waals surface area contributed by atoms with E-state index in [4.69, 9.17) is 23.7 Å². The highest BCUT2D eigenvalue weighted by Gasteiger charge is 2.49. The van der Waals surface area contributed by atoms with Gasteiger partial charge >= 0.3 is 0 Å². The Bertz CT molecular complexity index is 935. The zero-order valence-corrected chi connectivity index (χ0v) is 21.2. The first kappa shape index (κ1) is 26.8. The first-order valence-corrected chi connectivity index (χ1v) is 13.2. The molecule has 0 aromatic heterocycles. The molecule has 5 nitrogen and oxygen atoms in total. The molecule has 0 amide bonds. The Hall–Kier alpha value is -2.26. The van der Waals surface area contributed by atoms with E-state index in [0.29, 0.717) is 19.8 Å². The van der Waals surface area contributed by atoms with E-state index in [2.05, 4.69) is 0 Å². The van der Waals surface area contributed by atoms with Gasteiger partial charge in [0.1, 0.15) is 23.7 Å².